The first-order chi connectivity index (χ1) is 44.7. The second-order valence-corrected chi connectivity index (χ2v) is 27.0. The Morgan fingerprint density at radius 1 is 0.407 bits per heavy atom. The molecule has 1 rings (SSSR count). The quantitative estimate of drug-likeness (QED) is 0.0195. The molecule has 0 aliphatic carbocycles. The van der Waals surface area contributed by atoms with Crippen LogP contribution in [-0.4, -0.2) is 100 Å². The van der Waals surface area contributed by atoms with E-state index in [2.05, 4.69) is 67.8 Å². The maximum absolute atomic E-state index is 13.1. The number of esters is 1. The van der Waals surface area contributed by atoms with E-state index in [0.29, 0.717) is 19.4 Å². The summed E-state index contributed by atoms with van der Waals surface area (Å²) in [4.78, 5) is 25.1. The molecule has 7 unspecified atom stereocenters. The summed E-state index contributed by atoms with van der Waals surface area (Å²) >= 11 is 0. The van der Waals surface area contributed by atoms with Crippen LogP contribution >= 0.6 is 0 Å². The van der Waals surface area contributed by atoms with Gasteiger partial charge in [-0.05, 0) is 89.9 Å². The fraction of sp³-hybridized carbons (Fsp3) is 0.850. The highest BCUT2D eigenvalue weighted by atomic mass is 16.7. The average Bonchev–Trinajstić information content (AvgIpc) is 2.21. The largest absolute Gasteiger partial charge is 0.466 e. The van der Waals surface area contributed by atoms with Crippen molar-refractivity contribution in [3.63, 3.8) is 0 Å². The summed E-state index contributed by atoms with van der Waals surface area (Å²) in [5.41, 5.74) is 0. The van der Waals surface area contributed by atoms with E-state index in [1.54, 1.807) is 6.08 Å². The first-order valence-electron chi connectivity index (χ1n) is 39.1. The summed E-state index contributed by atoms with van der Waals surface area (Å²) in [5.74, 6) is -0.180. The van der Waals surface area contributed by atoms with E-state index in [9.17, 15) is 35.1 Å². The van der Waals surface area contributed by atoms with Crippen molar-refractivity contribution in [2.24, 2.45) is 0 Å². The molecule has 0 bridgehead atoms. The number of hydrogen-bond donors (Lipinski definition) is 6. The van der Waals surface area contributed by atoms with Gasteiger partial charge in [0.2, 0.25) is 5.91 Å². The standard InChI is InChI=1S/C80H147NO10/c1-3-5-7-9-11-13-15-17-43-46-50-54-58-62-66-73(83)72(71-90-80-79(88)78(87)77(86)74(70-82)91-80)81-75(84)67-63-59-55-51-47-44-41-39-37-35-33-31-29-27-25-23-21-19-18-20-22-24-26-28-30-32-34-36-38-40-42-45-49-53-57-61-65-69-89-76(85)68-64-60-56-52-48-16-14-12-10-8-6-4-2/h13,15,18,20,24,26,46,50,62,66,72-74,77-80,82-83,86-88H,3-12,14,16-17,19,21-23,25,27-45,47-49,51-61,63-65,67-71H2,1-2H3,(H,81,84)/b15-13+,20-18-,26-24-,50-46+,66-62+. The topological polar surface area (TPSA) is 175 Å². The number of allylic oxidation sites excluding steroid dienone is 9. The Kier molecular flexibility index (Phi) is 65.2. The molecule has 7 atom stereocenters. The molecule has 1 saturated heterocycles. The van der Waals surface area contributed by atoms with Crippen molar-refractivity contribution >= 4 is 11.9 Å². The minimum absolute atomic E-state index is 0.0131. The van der Waals surface area contributed by atoms with Gasteiger partial charge in [0.15, 0.2) is 6.29 Å². The number of carbonyl (C=O) groups is 2. The highest BCUT2D eigenvalue weighted by Gasteiger charge is 2.44. The monoisotopic (exact) mass is 1280 g/mol. The lowest BCUT2D eigenvalue weighted by molar-refractivity contribution is -0.302. The summed E-state index contributed by atoms with van der Waals surface area (Å²) in [7, 11) is 0. The summed E-state index contributed by atoms with van der Waals surface area (Å²) < 4.78 is 16.7. The number of aliphatic hydroxyl groups excluding tert-OH is 5. The van der Waals surface area contributed by atoms with Gasteiger partial charge >= 0.3 is 5.97 Å². The predicted molar refractivity (Wildman–Crippen MR) is 384 cm³/mol. The number of nitrogens with one attached hydrogen (secondary N) is 1. The minimum Gasteiger partial charge on any atom is -0.466 e. The fourth-order valence-corrected chi connectivity index (χ4v) is 12.2. The number of ether oxygens (including phenoxy) is 3. The molecule has 1 aliphatic rings. The molecule has 1 fully saturated rings. The van der Waals surface area contributed by atoms with Gasteiger partial charge in [-0.3, -0.25) is 9.59 Å². The van der Waals surface area contributed by atoms with E-state index in [0.717, 1.165) is 70.6 Å². The average molecular weight is 1280 g/mol. The Morgan fingerprint density at radius 2 is 0.747 bits per heavy atom. The molecule has 1 aliphatic heterocycles. The molecule has 0 saturated carbocycles. The third kappa shape index (κ3) is 57.3. The SMILES string of the molecule is CCCCCC/C=C/CC/C=C/CC/C=C/C(O)C(COC1OC(CO)C(O)C(O)C1O)NC(=O)CCCCCCCCCCCCCCCCCCC/C=C\C/C=C\CCCCCCCCCCCCCCCOC(=O)CCCCCCCCCCCCCC. The van der Waals surface area contributed by atoms with E-state index in [1.807, 2.05) is 6.08 Å². The first-order valence-corrected chi connectivity index (χ1v) is 39.1. The lowest BCUT2D eigenvalue weighted by Gasteiger charge is -2.40. The molecule has 0 aromatic heterocycles. The van der Waals surface area contributed by atoms with Gasteiger partial charge in [-0.15, -0.1) is 0 Å². The molecule has 0 radical (unpaired) electrons. The number of rotatable bonds is 69. The number of hydrogen-bond acceptors (Lipinski definition) is 10. The van der Waals surface area contributed by atoms with Crippen molar-refractivity contribution in [1.82, 2.24) is 5.32 Å². The first kappa shape index (κ1) is 86.4. The Hall–Kier alpha value is -2.64. The van der Waals surface area contributed by atoms with Crippen molar-refractivity contribution in [1.29, 1.82) is 0 Å². The van der Waals surface area contributed by atoms with Crippen LogP contribution in [0.15, 0.2) is 60.8 Å². The van der Waals surface area contributed by atoms with Gasteiger partial charge < -0.3 is 45.1 Å². The van der Waals surface area contributed by atoms with Crippen LogP contribution in [-0.2, 0) is 23.8 Å². The van der Waals surface area contributed by atoms with Gasteiger partial charge in [0.25, 0.3) is 0 Å². The number of amides is 1. The van der Waals surface area contributed by atoms with Crippen molar-refractivity contribution in [3.05, 3.63) is 60.8 Å². The van der Waals surface area contributed by atoms with E-state index in [1.165, 1.54) is 276 Å². The molecule has 11 nitrogen and oxygen atoms in total. The molecule has 1 heterocycles. The van der Waals surface area contributed by atoms with Crippen LogP contribution in [0.25, 0.3) is 0 Å². The van der Waals surface area contributed by atoms with Crippen molar-refractivity contribution in [2.75, 3.05) is 19.8 Å². The lowest BCUT2D eigenvalue weighted by Crippen LogP contribution is -2.60. The van der Waals surface area contributed by atoms with Gasteiger partial charge in [0, 0.05) is 12.8 Å². The zero-order valence-corrected chi connectivity index (χ0v) is 59.3. The number of unbranched alkanes of at least 4 members (excludes halogenated alkanes) is 47. The summed E-state index contributed by atoms with van der Waals surface area (Å²) in [6.45, 7) is 4.34. The Labute approximate surface area is 560 Å². The maximum Gasteiger partial charge on any atom is 0.305 e. The molecule has 6 N–H and O–H groups in total. The third-order valence-electron chi connectivity index (χ3n) is 18.3. The maximum atomic E-state index is 13.1. The smallest absolute Gasteiger partial charge is 0.305 e. The van der Waals surface area contributed by atoms with Crippen LogP contribution in [0.2, 0.25) is 0 Å². The normalized spacial score (nSPS) is 17.9. The molecular formula is C80H147NO10. The van der Waals surface area contributed by atoms with Crippen LogP contribution in [0.3, 0.4) is 0 Å². The summed E-state index contributed by atoms with van der Waals surface area (Å²) in [6.07, 6.45) is 82.4. The molecular weight excluding hydrogens is 1130 g/mol. The number of aliphatic hydroxyl groups is 5. The molecule has 0 aromatic carbocycles. The van der Waals surface area contributed by atoms with Gasteiger partial charge in [-0.25, -0.2) is 0 Å². The molecule has 0 spiro atoms. The number of carbonyl (C=O) groups excluding carboxylic acids is 2. The predicted octanol–water partition coefficient (Wildman–Crippen LogP) is 20.9. The lowest BCUT2D eigenvalue weighted by atomic mass is 9.99. The van der Waals surface area contributed by atoms with Gasteiger partial charge in [0.1, 0.15) is 24.4 Å². The van der Waals surface area contributed by atoms with E-state index in [-0.39, 0.29) is 18.5 Å². The molecule has 1 amide bonds. The third-order valence-corrected chi connectivity index (χ3v) is 18.3. The molecule has 91 heavy (non-hydrogen) atoms. The van der Waals surface area contributed by atoms with Crippen LogP contribution in [0.1, 0.15) is 373 Å². The Balaban J connectivity index is 1.94. The van der Waals surface area contributed by atoms with E-state index in [4.69, 9.17) is 14.2 Å². The Bertz CT molecular complexity index is 1700. The van der Waals surface area contributed by atoms with Crippen LogP contribution in [0.4, 0.5) is 0 Å². The zero-order chi connectivity index (χ0) is 65.8. The van der Waals surface area contributed by atoms with Crippen molar-refractivity contribution in [2.45, 2.75) is 416 Å². The fourth-order valence-electron chi connectivity index (χ4n) is 12.2. The van der Waals surface area contributed by atoms with E-state index < -0.39 is 49.5 Å². The van der Waals surface area contributed by atoms with Gasteiger partial charge in [0.05, 0.1) is 32.0 Å². The zero-order valence-electron chi connectivity index (χ0n) is 59.3. The van der Waals surface area contributed by atoms with Crippen LogP contribution in [0.5, 0.6) is 0 Å². The van der Waals surface area contributed by atoms with Crippen molar-refractivity contribution < 1.29 is 49.3 Å². The second-order valence-electron chi connectivity index (χ2n) is 27.0. The second kappa shape index (κ2) is 68.7. The van der Waals surface area contributed by atoms with Crippen molar-refractivity contribution in [3.8, 4) is 0 Å². The molecule has 0 aromatic rings. The summed E-state index contributed by atoms with van der Waals surface area (Å²) in [5, 5.41) is 54.5. The van der Waals surface area contributed by atoms with E-state index >= 15 is 0 Å². The summed E-state index contributed by atoms with van der Waals surface area (Å²) in [6, 6.07) is -0.834. The Morgan fingerprint density at radius 3 is 1.16 bits per heavy atom. The highest BCUT2D eigenvalue weighted by Crippen LogP contribution is 2.23. The molecule has 532 valence electrons. The van der Waals surface area contributed by atoms with Crippen LogP contribution < -0.4 is 5.32 Å². The van der Waals surface area contributed by atoms with Crippen LogP contribution in [0, 0.1) is 0 Å². The molecule has 11 heteroatoms. The van der Waals surface area contributed by atoms with Gasteiger partial charge in [-0.1, -0.05) is 331 Å². The highest BCUT2D eigenvalue weighted by molar-refractivity contribution is 5.76. The minimum atomic E-state index is -1.58. The van der Waals surface area contributed by atoms with Gasteiger partial charge in [-0.2, -0.15) is 0 Å².